The third kappa shape index (κ3) is 9.64. The van der Waals surface area contributed by atoms with Gasteiger partial charge in [0, 0.05) is 6.54 Å². The Balaban J connectivity index is 1.88. The molecule has 3 aromatic carbocycles. The van der Waals surface area contributed by atoms with Crippen molar-refractivity contribution in [2.45, 2.75) is 49.9 Å². The van der Waals surface area contributed by atoms with Crippen LogP contribution in [0.4, 0.5) is 4.79 Å². The number of amides is 3. The van der Waals surface area contributed by atoms with Gasteiger partial charge in [-0.3, -0.25) is 9.59 Å². The van der Waals surface area contributed by atoms with Gasteiger partial charge in [-0.05, 0) is 56.2 Å². The summed E-state index contributed by atoms with van der Waals surface area (Å²) in [5, 5.41) is 7.77. The van der Waals surface area contributed by atoms with Crippen molar-refractivity contribution in [2.75, 3.05) is 12.9 Å². The third-order valence-electron chi connectivity index (χ3n) is 5.80. The number of methoxy groups -OCH3 is 1. The quantitative estimate of drug-likeness (QED) is 0.315. The highest BCUT2D eigenvalue weighted by Gasteiger charge is 2.32. The van der Waals surface area contributed by atoms with Crippen LogP contribution >= 0.6 is 0 Å². The smallest absolute Gasteiger partial charge is 0.408 e. The van der Waals surface area contributed by atoms with Crippen LogP contribution in [0.25, 0.3) is 0 Å². The zero-order chi connectivity index (χ0) is 30.0. The van der Waals surface area contributed by atoms with E-state index in [1.54, 1.807) is 63.2 Å². The van der Waals surface area contributed by atoms with Gasteiger partial charge in [0.25, 0.3) is 0 Å². The first-order valence-electron chi connectivity index (χ1n) is 12.9. The van der Waals surface area contributed by atoms with Crippen molar-refractivity contribution >= 4 is 27.7 Å². The molecule has 3 aromatic rings. The lowest BCUT2D eigenvalue weighted by Crippen LogP contribution is -2.53. The maximum Gasteiger partial charge on any atom is 0.408 e. The summed E-state index contributed by atoms with van der Waals surface area (Å²) < 4.78 is 37.0. The molecule has 0 radical (unpaired) electrons. The van der Waals surface area contributed by atoms with Crippen molar-refractivity contribution in [3.05, 3.63) is 96.1 Å². The molecule has 0 saturated heterocycles. The summed E-state index contributed by atoms with van der Waals surface area (Å²) in [6.45, 7) is 5.16. The van der Waals surface area contributed by atoms with E-state index in [0.717, 1.165) is 5.56 Å². The molecule has 0 aliphatic heterocycles. The van der Waals surface area contributed by atoms with Crippen LogP contribution in [0.3, 0.4) is 0 Å². The fourth-order valence-electron chi connectivity index (χ4n) is 3.82. The molecule has 0 aliphatic rings. The van der Waals surface area contributed by atoms with Gasteiger partial charge in [-0.15, -0.1) is 0 Å². The van der Waals surface area contributed by atoms with E-state index in [4.69, 9.17) is 9.47 Å². The van der Waals surface area contributed by atoms with Crippen LogP contribution in [0.1, 0.15) is 37.9 Å². The summed E-state index contributed by atoms with van der Waals surface area (Å²) in [6, 6.07) is 20.4. The molecule has 0 heterocycles. The van der Waals surface area contributed by atoms with E-state index in [1.165, 1.54) is 31.4 Å². The summed E-state index contributed by atoms with van der Waals surface area (Å²) in [5.41, 5.74) is 0.378. The van der Waals surface area contributed by atoms with Crippen LogP contribution in [-0.4, -0.2) is 50.8 Å². The molecule has 218 valence electrons. The van der Waals surface area contributed by atoms with Gasteiger partial charge in [0.05, 0.1) is 17.8 Å². The second-order valence-corrected chi connectivity index (χ2v) is 12.2. The summed E-state index contributed by atoms with van der Waals surface area (Å²) in [6.07, 6.45) is -0.850. The first-order valence-corrected chi connectivity index (χ1v) is 14.6. The van der Waals surface area contributed by atoms with Gasteiger partial charge in [-0.1, -0.05) is 60.7 Å². The van der Waals surface area contributed by atoms with Gasteiger partial charge in [-0.2, -0.15) is 0 Å². The molecule has 0 aromatic heterocycles. The van der Waals surface area contributed by atoms with Crippen LogP contribution < -0.4 is 20.7 Å². The number of benzene rings is 3. The first kappa shape index (κ1) is 31.2. The zero-order valence-corrected chi connectivity index (χ0v) is 24.2. The fraction of sp³-hybridized carbons (Fsp3) is 0.300. The second-order valence-electron chi connectivity index (χ2n) is 10.2. The highest BCUT2D eigenvalue weighted by Crippen LogP contribution is 2.19. The van der Waals surface area contributed by atoms with E-state index >= 15 is 0 Å². The Morgan fingerprint density at radius 1 is 0.805 bits per heavy atom. The Labute approximate surface area is 240 Å². The van der Waals surface area contributed by atoms with E-state index in [-0.39, 0.29) is 11.4 Å². The van der Waals surface area contributed by atoms with Crippen molar-refractivity contribution in [2.24, 2.45) is 0 Å². The number of hydrogen-bond acceptors (Lipinski definition) is 7. The highest BCUT2D eigenvalue weighted by molar-refractivity contribution is 7.91. The zero-order valence-electron chi connectivity index (χ0n) is 23.4. The molecule has 10 nitrogen and oxygen atoms in total. The molecule has 0 aliphatic carbocycles. The largest absolute Gasteiger partial charge is 0.497 e. The molecule has 41 heavy (non-hydrogen) atoms. The van der Waals surface area contributed by atoms with E-state index < -0.39 is 51.2 Å². The maximum absolute atomic E-state index is 13.6. The summed E-state index contributed by atoms with van der Waals surface area (Å²) >= 11 is 0. The minimum atomic E-state index is -4.04. The number of nitrogens with one attached hydrogen (secondary N) is 3. The lowest BCUT2D eigenvalue weighted by molar-refractivity contribution is -0.129. The van der Waals surface area contributed by atoms with E-state index in [1.807, 2.05) is 18.2 Å². The van der Waals surface area contributed by atoms with E-state index in [2.05, 4.69) is 16.0 Å². The minimum absolute atomic E-state index is 0.0418. The molecule has 0 fully saturated rings. The molecule has 11 heteroatoms. The van der Waals surface area contributed by atoms with Crippen molar-refractivity contribution in [3.8, 4) is 5.75 Å². The molecule has 0 saturated carbocycles. The third-order valence-corrected chi connectivity index (χ3v) is 7.57. The van der Waals surface area contributed by atoms with Crippen LogP contribution in [0.15, 0.2) is 89.8 Å². The number of sulfone groups is 1. The molecule has 3 N–H and O–H groups in total. The standard InChI is InChI=1S/C30H35N3O7S/c1-30(2,3)40-29(36)33-26(22-13-9-6-10-14-22)28(35)32-25(27(34)31-19-21-11-7-5-8-12-21)20-41(37,38)24-17-15-23(39-4)16-18-24/h5-18,25-26H,19-20H2,1-4H3,(H,31,34)(H,32,35)(H,33,36). The Bertz CT molecular complexity index is 1420. The van der Waals surface area contributed by atoms with Crippen molar-refractivity contribution in [3.63, 3.8) is 0 Å². The van der Waals surface area contributed by atoms with Crippen molar-refractivity contribution in [1.29, 1.82) is 0 Å². The molecular formula is C30H35N3O7S. The Morgan fingerprint density at radius 2 is 1.39 bits per heavy atom. The van der Waals surface area contributed by atoms with Gasteiger partial charge >= 0.3 is 6.09 Å². The number of carbonyl (C=O) groups is 3. The number of carbonyl (C=O) groups excluding carboxylic acids is 3. The summed E-state index contributed by atoms with van der Waals surface area (Å²) in [5.74, 6) is -1.75. The van der Waals surface area contributed by atoms with Crippen molar-refractivity contribution in [1.82, 2.24) is 16.0 Å². The monoisotopic (exact) mass is 581 g/mol. The highest BCUT2D eigenvalue weighted by atomic mass is 32.2. The molecule has 0 bridgehead atoms. The Kier molecular flexibility index (Phi) is 10.5. The number of rotatable bonds is 11. The Morgan fingerprint density at radius 3 is 1.95 bits per heavy atom. The number of ether oxygens (including phenoxy) is 2. The lowest BCUT2D eigenvalue weighted by Gasteiger charge is -2.25. The molecule has 0 spiro atoms. The van der Waals surface area contributed by atoms with Crippen LogP contribution in [0, 0.1) is 0 Å². The topological polar surface area (TPSA) is 140 Å². The van der Waals surface area contributed by atoms with Crippen molar-refractivity contribution < 1.29 is 32.3 Å². The van der Waals surface area contributed by atoms with E-state index in [9.17, 15) is 22.8 Å². The van der Waals surface area contributed by atoms with Crippen LogP contribution in [0.2, 0.25) is 0 Å². The minimum Gasteiger partial charge on any atom is -0.497 e. The molecular weight excluding hydrogens is 546 g/mol. The first-order chi connectivity index (χ1) is 19.4. The SMILES string of the molecule is COc1ccc(S(=O)(=O)CC(NC(=O)C(NC(=O)OC(C)(C)C)c2ccccc2)C(=O)NCc2ccccc2)cc1. The maximum atomic E-state index is 13.6. The molecule has 3 amide bonds. The predicted octanol–water partition coefficient (Wildman–Crippen LogP) is 3.54. The summed E-state index contributed by atoms with van der Waals surface area (Å²) in [4.78, 5) is 39.4. The van der Waals surface area contributed by atoms with Crippen LogP contribution in [-0.2, 0) is 30.7 Å². The number of hydrogen-bond donors (Lipinski definition) is 3. The molecule has 3 rings (SSSR count). The average Bonchev–Trinajstić information content (AvgIpc) is 2.94. The van der Waals surface area contributed by atoms with Crippen LogP contribution in [0.5, 0.6) is 5.75 Å². The fourth-order valence-corrected chi connectivity index (χ4v) is 5.23. The second kappa shape index (κ2) is 13.8. The van der Waals surface area contributed by atoms with Gasteiger partial charge in [0.15, 0.2) is 9.84 Å². The number of alkyl carbamates (subject to hydrolysis) is 1. The predicted molar refractivity (Wildman–Crippen MR) is 154 cm³/mol. The molecule has 2 unspecified atom stereocenters. The van der Waals surface area contributed by atoms with Gasteiger partial charge in [0.1, 0.15) is 23.4 Å². The average molecular weight is 582 g/mol. The normalized spacial score (nSPS) is 12.9. The van der Waals surface area contributed by atoms with Gasteiger partial charge in [0.2, 0.25) is 11.8 Å². The molecule has 2 atom stereocenters. The van der Waals surface area contributed by atoms with Gasteiger partial charge in [-0.25, -0.2) is 13.2 Å². The summed E-state index contributed by atoms with van der Waals surface area (Å²) in [7, 11) is -2.58. The lowest BCUT2D eigenvalue weighted by atomic mass is 10.1. The Hall–Kier alpha value is -4.38. The van der Waals surface area contributed by atoms with Gasteiger partial charge < -0.3 is 25.4 Å². The van der Waals surface area contributed by atoms with E-state index in [0.29, 0.717) is 11.3 Å².